The minimum absolute atomic E-state index is 0.0903. The number of nitrogens with zero attached hydrogens (tertiary/aromatic N) is 4. The first-order valence-electron chi connectivity index (χ1n) is 8.95. The molecule has 3 heterocycles. The molecular formula is C20H19ClN4O2. The van der Waals surface area contributed by atoms with Gasteiger partial charge in [-0.25, -0.2) is 4.98 Å². The van der Waals surface area contributed by atoms with Crippen molar-refractivity contribution in [3.8, 4) is 0 Å². The van der Waals surface area contributed by atoms with Crippen molar-refractivity contribution in [2.75, 3.05) is 13.1 Å². The topological polar surface area (TPSA) is 72.1 Å². The van der Waals surface area contributed by atoms with E-state index >= 15 is 0 Å². The molecule has 1 aromatic carbocycles. The average molecular weight is 383 g/mol. The monoisotopic (exact) mass is 382 g/mol. The van der Waals surface area contributed by atoms with Crippen molar-refractivity contribution < 1.29 is 9.21 Å². The molecule has 0 unspecified atom stereocenters. The Labute approximate surface area is 162 Å². The van der Waals surface area contributed by atoms with Crippen LogP contribution in [0.25, 0.3) is 0 Å². The Kier molecular flexibility index (Phi) is 5.16. The number of carbonyl (C=O) groups excluding carboxylic acids is 1. The van der Waals surface area contributed by atoms with Crippen molar-refractivity contribution in [1.29, 1.82) is 0 Å². The lowest BCUT2D eigenvalue weighted by Gasteiger charge is -2.30. The van der Waals surface area contributed by atoms with Gasteiger partial charge in [-0.05, 0) is 42.7 Å². The van der Waals surface area contributed by atoms with Crippen molar-refractivity contribution >= 4 is 17.5 Å². The standard InChI is InChI=1S/C20H19ClN4O2/c21-16-6-1-4-14(10-16)11-17-12-22-19(27-17)15-5-3-9-25(13-15)20(26)18-7-2-8-23-24-18/h1-2,4,6-8,10,12,15H,3,5,9,11,13H2/t15-/m0/s1. The Morgan fingerprint density at radius 2 is 2.22 bits per heavy atom. The van der Waals surface area contributed by atoms with Gasteiger partial charge in [0.2, 0.25) is 0 Å². The highest BCUT2D eigenvalue weighted by molar-refractivity contribution is 6.30. The maximum atomic E-state index is 12.6. The van der Waals surface area contributed by atoms with E-state index in [1.165, 1.54) is 0 Å². The molecule has 0 bridgehead atoms. The minimum Gasteiger partial charge on any atom is -0.445 e. The molecular weight excluding hydrogens is 364 g/mol. The Balaban J connectivity index is 1.44. The first kappa shape index (κ1) is 17.7. The maximum Gasteiger partial charge on any atom is 0.274 e. The number of benzene rings is 1. The van der Waals surface area contributed by atoms with Crippen LogP contribution in [0, 0.1) is 0 Å². The molecule has 7 heteroatoms. The number of halogens is 1. The summed E-state index contributed by atoms with van der Waals surface area (Å²) in [6, 6.07) is 11.1. The van der Waals surface area contributed by atoms with Crippen molar-refractivity contribution in [3.05, 3.63) is 76.7 Å². The van der Waals surface area contributed by atoms with Crippen molar-refractivity contribution in [3.63, 3.8) is 0 Å². The van der Waals surface area contributed by atoms with Gasteiger partial charge in [-0.1, -0.05) is 23.7 Å². The van der Waals surface area contributed by atoms with Crippen LogP contribution in [0.5, 0.6) is 0 Å². The van der Waals surface area contributed by atoms with E-state index in [0.29, 0.717) is 36.1 Å². The van der Waals surface area contributed by atoms with E-state index in [1.54, 1.807) is 29.4 Å². The van der Waals surface area contributed by atoms with E-state index in [9.17, 15) is 4.79 Å². The van der Waals surface area contributed by atoms with Gasteiger partial charge in [-0.15, -0.1) is 5.10 Å². The van der Waals surface area contributed by atoms with Gasteiger partial charge in [0.1, 0.15) is 5.76 Å². The fraction of sp³-hybridized carbons (Fsp3) is 0.300. The number of likely N-dealkylation sites (tertiary alicyclic amines) is 1. The summed E-state index contributed by atoms with van der Waals surface area (Å²) >= 11 is 6.04. The molecule has 2 aromatic heterocycles. The predicted octanol–water partition coefficient (Wildman–Crippen LogP) is 3.73. The van der Waals surface area contributed by atoms with E-state index in [2.05, 4.69) is 15.2 Å². The molecule has 6 nitrogen and oxygen atoms in total. The molecule has 1 atom stereocenters. The van der Waals surface area contributed by atoms with Crippen LogP contribution in [-0.2, 0) is 6.42 Å². The number of aromatic nitrogens is 3. The van der Waals surface area contributed by atoms with Crippen LogP contribution in [0.15, 0.2) is 53.2 Å². The van der Waals surface area contributed by atoms with Crippen molar-refractivity contribution in [2.24, 2.45) is 0 Å². The van der Waals surface area contributed by atoms with Crippen LogP contribution in [0.2, 0.25) is 5.02 Å². The summed E-state index contributed by atoms with van der Waals surface area (Å²) in [6.07, 6.45) is 5.82. The fourth-order valence-electron chi connectivity index (χ4n) is 3.38. The van der Waals surface area contributed by atoms with Gasteiger partial charge in [0, 0.05) is 30.7 Å². The van der Waals surface area contributed by atoms with E-state index in [0.717, 1.165) is 24.2 Å². The molecule has 1 aliphatic rings. The summed E-state index contributed by atoms with van der Waals surface area (Å²) < 4.78 is 5.98. The van der Waals surface area contributed by atoms with Crippen LogP contribution >= 0.6 is 11.6 Å². The second-order valence-electron chi connectivity index (χ2n) is 6.67. The predicted molar refractivity (Wildman–Crippen MR) is 101 cm³/mol. The first-order valence-corrected chi connectivity index (χ1v) is 9.33. The van der Waals surface area contributed by atoms with Gasteiger partial charge in [-0.3, -0.25) is 4.79 Å². The zero-order valence-corrected chi connectivity index (χ0v) is 15.5. The minimum atomic E-state index is -0.0986. The highest BCUT2D eigenvalue weighted by Crippen LogP contribution is 2.28. The lowest BCUT2D eigenvalue weighted by Crippen LogP contribution is -2.39. The molecule has 1 aliphatic heterocycles. The molecule has 4 rings (SSSR count). The second-order valence-corrected chi connectivity index (χ2v) is 7.11. The largest absolute Gasteiger partial charge is 0.445 e. The molecule has 0 saturated carbocycles. The van der Waals surface area contributed by atoms with Crippen LogP contribution in [0.4, 0.5) is 0 Å². The summed E-state index contributed by atoms with van der Waals surface area (Å²) in [6.45, 7) is 1.29. The Bertz CT molecular complexity index is 928. The lowest BCUT2D eigenvalue weighted by atomic mass is 9.97. The summed E-state index contributed by atoms with van der Waals surface area (Å²) in [7, 11) is 0. The quantitative estimate of drug-likeness (QED) is 0.687. The molecule has 0 radical (unpaired) electrons. The third-order valence-electron chi connectivity index (χ3n) is 4.69. The van der Waals surface area contributed by atoms with Crippen LogP contribution < -0.4 is 0 Å². The Hall–Kier alpha value is -2.73. The van der Waals surface area contributed by atoms with Gasteiger partial charge in [0.25, 0.3) is 5.91 Å². The number of rotatable bonds is 4. The third kappa shape index (κ3) is 4.17. The summed E-state index contributed by atoms with van der Waals surface area (Å²) in [5.41, 5.74) is 1.44. The molecule has 138 valence electrons. The zero-order valence-electron chi connectivity index (χ0n) is 14.7. The normalized spacial score (nSPS) is 17.1. The molecule has 1 amide bonds. The van der Waals surface area contributed by atoms with Gasteiger partial charge in [-0.2, -0.15) is 5.10 Å². The molecule has 3 aromatic rings. The molecule has 1 saturated heterocycles. The van der Waals surface area contributed by atoms with E-state index in [4.69, 9.17) is 16.0 Å². The van der Waals surface area contributed by atoms with Crippen LogP contribution in [0.3, 0.4) is 0 Å². The molecule has 1 fully saturated rings. The molecule has 0 N–H and O–H groups in total. The zero-order chi connectivity index (χ0) is 18.6. The molecule has 27 heavy (non-hydrogen) atoms. The van der Waals surface area contributed by atoms with Crippen molar-refractivity contribution in [1.82, 2.24) is 20.1 Å². The molecule has 0 aliphatic carbocycles. The third-order valence-corrected chi connectivity index (χ3v) is 4.92. The lowest BCUT2D eigenvalue weighted by molar-refractivity contribution is 0.0690. The number of hydrogen-bond acceptors (Lipinski definition) is 5. The van der Waals surface area contributed by atoms with Gasteiger partial charge < -0.3 is 9.32 Å². The Morgan fingerprint density at radius 3 is 3.04 bits per heavy atom. The van der Waals surface area contributed by atoms with E-state index < -0.39 is 0 Å². The summed E-state index contributed by atoms with van der Waals surface area (Å²) in [5, 5.41) is 8.41. The van der Waals surface area contributed by atoms with Gasteiger partial charge in [0.15, 0.2) is 11.6 Å². The number of amides is 1. The Morgan fingerprint density at radius 1 is 1.30 bits per heavy atom. The maximum absolute atomic E-state index is 12.6. The average Bonchev–Trinajstić information content (AvgIpc) is 3.17. The van der Waals surface area contributed by atoms with Crippen LogP contribution in [-0.4, -0.2) is 39.1 Å². The van der Waals surface area contributed by atoms with E-state index in [-0.39, 0.29) is 11.8 Å². The fourth-order valence-corrected chi connectivity index (χ4v) is 3.59. The number of oxazole rings is 1. The highest BCUT2D eigenvalue weighted by Gasteiger charge is 2.29. The SMILES string of the molecule is O=C(c1cccnn1)N1CCC[C@H](c2ncc(Cc3cccc(Cl)c3)o2)C1. The first-order chi connectivity index (χ1) is 13.2. The number of carbonyl (C=O) groups is 1. The second kappa shape index (κ2) is 7.88. The van der Waals surface area contributed by atoms with Crippen molar-refractivity contribution in [2.45, 2.75) is 25.2 Å². The number of piperidine rings is 1. The summed E-state index contributed by atoms with van der Waals surface area (Å²) in [4.78, 5) is 18.9. The van der Waals surface area contributed by atoms with Crippen LogP contribution in [0.1, 0.15) is 46.5 Å². The summed E-state index contributed by atoms with van der Waals surface area (Å²) in [5.74, 6) is 1.47. The number of hydrogen-bond donors (Lipinski definition) is 0. The smallest absolute Gasteiger partial charge is 0.274 e. The highest BCUT2D eigenvalue weighted by atomic mass is 35.5. The van der Waals surface area contributed by atoms with Gasteiger partial charge >= 0.3 is 0 Å². The van der Waals surface area contributed by atoms with Gasteiger partial charge in [0.05, 0.1) is 12.1 Å². The van der Waals surface area contributed by atoms with E-state index in [1.807, 2.05) is 24.3 Å². The molecule has 0 spiro atoms.